The fraction of sp³-hybridized carbons (Fsp3) is 0.667. The van der Waals surface area contributed by atoms with Crippen molar-refractivity contribution in [3.63, 3.8) is 0 Å². The minimum atomic E-state index is 0.622. The standard InChI is InChI=1S/C18H27NO/c1-13-7-6-10-16(18(13)20-2)15-11-17(19-12-15)14-8-4-3-5-9-14/h6-7,10,14-15,17,19H,3-5,8-9,11-12H2,1-2H3. The highest BCUT2D eigenvalue weighted by molar-refractivity contribution is 5.43. The third kappa shape index (κ3) is 2.71. The summed E-state index contributed by atoms with van der Waals surface area (Å²) < 4.78 is 5.64. The normalized spacial score (nSPS) is 27.7. The van der Waals surface area contributed by atoms with Crippen molar-refractivity contribution in [2.24, 2.45) is 5.92 Å². The molecule has 0 radical (unpaired) electrons. The summed E-state index contributed by atoms with van der Waals surface area (Å²) in [5.74, 6) is 2.63. The van der Waals surface area contributed by atoms with Crippen molar-refractivity contribution in [3.8, 4) is 5.75 Å². The molecular weight excluding hydrogens is 246 g/mol. The molecule has 2 fully saturated rings. The summed E-state index contributed by atoms with van der Waals surface area (Å²) in [6.45, 7) is 3.25. The van der Waals surface area contributed by atoms with Gasteiger partial charge in [-0.3, -0.25) is 0 Å². The van der Waals surface area contributed by atoms with Crippen LogP contribution < -0.4 is 10.1 Å². The van der Waals surface area contributed by atoms with Gasteiger partial charge in [0.15, 0.2) is 0 Å². The van der Waals surface area contributed by atoms with E-state index in [0.29, 0.717) is 5.92 Å². The smallest absolute Gasteiger partial charge is 0.125 e. The highest BCUT2D eigenvalue weighted by Crippen LogP contribution is 2.38. The Bertz CT molecular complexity index is 451. The lowest BCUT2D eigenvalue weighted by Crippen LogP contribution is -2.31. The Kier molecular flexibility index (Phi) is 4.30. The van der Waals surface area contributed by atoms with Gasteiger partial charge in [0.05, 0.1) is 7.11 Å². The van der Waals surface area contributed by atoms with E-state index in [4.69, 9.17) is 4.74 Å². The second-order valence-corrected chi connectivity index (χ2v) is 6.54. The summed E-state index contributed by atoms with van der Waals surface area (Å²) in [6, 6.07) is 7.29. The van der Waals surface area contributed by atoms with Crippen LogP contribution in [0.1, 0.15) is 55.6 Å². The van der Waals surface area contributed by atoms with Crippen LogP contribution in [-0.2, 0) is 0 Å². The number of rotatable bonds is 3. The van der Waals surface area contributed by atoms with E-state index in [9.17, 15) is 0 Å². The van der Waals surface area contributed by atoms with E-state index in [1.165, 1.54) is 49.7 Å². The second kappa shape index (κ2) is 6.17. The SMILES string of the molecule is COc1c(C)cccc1C1CNC(C2CCCCC2)C1. The average molecular weight is 273 g/mol. The summed E-state index contributed by atoms with van der Waals surface area (Å²) in [4.78, 5) is 0. The third-order valence-corrected chi connectivity index (χ3v) is 5.27. The largest absolute Gasteiger partial charge is 0.496 e. The fourth-order valence-corrected chi connectivity index (χ4v) is 4.17. The van der Waals surface area contributed by atoms with Crippen molar-refractivity contribution in [2.45, 2.75) is 57.4 Å². The van der Waals surface area contributed by atoms with Gasteiger partial charge in [-0.15, -0.1) is 0 Å². The maximum atomic E-state index is 5.64. The zero-order valence-electron chi connectivity index (χ0n) is 12.8. The van der Waals surface area contributed by atoms with Gasteiger partial charge in [-0.2, -0.15) is 0 Å². The van der Waals surface area contributed by atoms with Crippen LogP contribution in [-0.4, -0.2) is 19.7 Å². The first-order chi connectivity index (χ1) is 9.79. The van der Waals surface area contributed by atoms with E-state index in [2.05, 4.69) is 30.4 Å². The number of benzene rings is 1. The first kappa shape index (κ1) is 13.9. The van der Waals surface area contributed by atoms with Gasteiger partial charge >= 0.3 is 0 Å². The molecule has 2 aliphatic rings. The van der Waals surface area contributed by atoms with Gasteiger partial charge in [0.2, 0.25) is 0 Å². The molecule has 2 unspecified atom stereocenters. The number of para-hydroxylation sites is 1. The Morgan fingerprint density at radius 1 is 1.15 bits per heavy atom. The molecule has 0 amide bonds. The molecule has 1 aromatic rings. The molecule has 1 aromatic carbocycles. The molecule has 0 bridgehead atoms. The van der Waals surface area contributed by atoms with Crippen molar-refractivity contribution in [1.82, 2.24) is 5.32 Å². The van der Waals surface area contributed by atoms with E-state index in [0.717, 1.165) is 24.3 Å². The minimum Gasteiger partial charge on any atom is -0.496 e. The molecule has 2 nitrogen and oxygen atoms in total. The van der Waals surface area contributed by atoms with Crippen LogP contribution in [0.5, 0.6) is 5.75 Å². The van der Waals surface area contributed by atoms with Crippen LogP contribution in [0.15, 0.2) is 18.2 Å². The zero-order valence-corrected chi connectivity index (χ0v) is 12.8. The summed E-state index contributed by atoms with van der Waals surface area (Å²) in [7, 11) is 1.80. The van der Waals surface area contributed by atoms with E-state index in [1.54, 1.807) is 7.11 Å². The van der Waals surface area contributed by atoms with Gasteiger partial charge in [0.25, 0.3) is 0 Å². The molecule has 3 rings (SSSR count). The third-order valence-electron chi connectivity index (χ3n) is 5.27. The van der Waals surface area contributed by atoms with Crippen LogP contribution in [0.4, 0.5) is 0 Å². The highest BCUT2D eigenvalue weighted by atomic mass is 16.5. The van der Waals surface area contributed by atoms with Crippen LogP contribution in [0.2, 0.25) is 0 Å². The second-order valence-electron chi connectivity index (χ2n) is 6.54. The molecule has 110 valence electrons. The molecule has 1 N–H and O–H groups in total. The van der Waals surface area contributed by atoms with Gasteiger partial charge in [-0.05, 0) is 43.2 Å². The molecule has 1 aliphatic carbocycles. The molecule has 1 aliphatic heterocycles. The summed E-state index contributed by atoms with van der Waals surface area (Å²) >= 11 is 0. The van der Waals surface area contributed by atoms with Crippen LogP contribution >= 0.6 is 0 Å². The first-order valence-electron chi connectivity index (χ1n) is 8.16. The lowest BCUT2D eigenvalue weighted by molar-refractivity contribution is 0.286. The molecule has 0 aromatic heterocycles. The summed E-state index contributed by atoms with van der Waals surface area (Å²) in [5, 5.41) is 3.79. The van der Waals surface area contributed by atoms with Crippen LogP contribution in [0.3, 0.4) is 0 Å². The van der Waals surface area contributed by atoms with Crippen LogP contribution in [0, 0.1) is 12.8 Å². The number of hydrogen-bond donors (Lipinski definition) is 1. The predicted molar refractivity (Wildman–Crippen MR) is 83.5 cm³/mol. The van der Waals surface area contributed by atoms with Gasteiger partial charge in [0, 0.05) is 18.5 Å². The van der Waals surface area contributed by atoms with Crippen molar-refractivity contribution in [2.75, 3.05) is 13.7 Å². The van der Waals surface area contributed by atoms with E-state index < -0.39 is 0 Å². The van der Waals surface area contributed by atoms with E-state index in [1.807, 2.05) is 0 Å². The Morgan fingerprint density at radius 2 is 1.95 bits per heavy atom. The number of ether oxygens (including phenoxy) is 1. The molecule has 20 heavy (non-hydrogen) atoms. The molecule has 0 spiro atoms. The van der Waals surface area contributed by atoms with Crippen molar-refractivity contribution in [3.05, 3.63) is 29.3 Å². The molecular formula is C18H27NO. The number of nitrogens with one attached hydrogen (secondary N) is 1. The lowest BCUT2D eigenvalue weighted by atomic mass is 9.81. The Labute approximate surface area is 122 Å². The molecule has 2 heteroatoms. The molecule has 1 saturated heterocycles. The maximum absolute atomic E-state index is 5.64. The topological polar surface area (TPSA) is 21.3 Å². The average Bonchev–Trinajstić information content (AvgIpc) is 2.97. The van der Waals surface area contributed by atoms with E-state index in [-0.39, 0.29) is 0 Å². The zero-order chi connectivity index (χ0) is 13.9. The summed E-state index contributed by atoms with van der Waals surface area (Å²) in [5.41, 5.74) is 2.66. The van der Waals surface area contributed by atoms with Gasteiger partial charge < -0.3 is 10.1 Å². The number of hydrogen-bond acceptors (Lipinski definition) is 2. The van der Waals surface area contributed by atoms with Crippen molar-refractivity contribution in [1.29, 1.82) is 0 Å². The molecule has 1 heterocycles. The summed E-state index contributed by atoms with van der Waals surface area (Å²) in [6.07, 6.45) is 8.44. The molecule has 2 atom stereocenters. The quantitative estimate of drug-likeness (QED) is 0.897. The van der Waals surface area contributed by atoms with Crippen molar-refractivity contribution >= 4 is 0 Å². The Balaban J connectivity index is 1.72. The minimum absolute atomic E-state index is 0.622. The molecule has 1 saturated carbocycles. The van der Waals surface area contributed by atoms with E-state index >= 15 is 0 Å². The van der Waals surface area contributed by atoms with Crippen LogP contribution in [0.25, 0.3) is 0 Å². The predicted octanol–water partition coefficient (Wildman–Crippen LogP) is 4.03. The van der Waals surface area contributed by atoms with Crippen molar-refractivity contribution < 1.29 is 4.74 Å². The van der Waals surface area contributed by atoms with Gasteiger partial charge in [0.1, 0.15) is 5.75 Å². The van der Waals surface area contributed by atoms with Gasteiger partial charge in [-0.1, -0.05) is 37.5 Å². The number of methoxy groups -OCH3 is 1. The Hall–Kier alpha value is -1.02. The fourth-order valence-electron chi connectivity index (χ4n) is 4.17. The first-order valence-corrected chi connectivity index (χ1v) is 8.16. The number of aryl methyl sites for hydroxylation is 1. The Morgan fingerprint density at radius 3 is 2.70 bits per heavy atom. The highest BCUT2D eigenvalue weighted by Gasteiger charge is 2.33. The monoisotopic (exact) mass is 273 g/mol. The maximum Gasteiger partial charge on any atom is 0.125 e. The lowest BCUT2D eigenvalue weighted by Gasteiger charge is -2.27. The van der Waals surface area contributed by atoms with Gasteiger partial charge in [-0.25, -0.2) is 0 Å².